The fourth-order valence-electron chi connectivity index (χ4n) is 4.85. The molecular weight excluding hydrogens is 408 g/mol. The van der Waals surface area contributed by atoms with Gasteiger partial charge < -0.3 is 0 Å². The van der Waals surface area contributed by atoms with E-state index < -0.39 is 0 Å². The molecular formula is C34H66. The SMILES string of the molecule is CCCCCCCC/C=C/CCCCCCCC/C=C/CCCCCCCCCCCCCC. The van der Waals surface area contributed by atoms with Gasteiger partial charge in [0.2, 0.25) is 0 Å². The van der Waals surface area contributed by atoms with Gasteiger partial charge in [0.05, 0.1) is 0 Å². The number of hydrogen-bond donors (Lipinski definition) is 0. The van der Waals surface area contributed by atoms with Gasteiger partial charge in [-0.3, -0.25) is 0 Å². The summed E-state index contributed by atoms with van der Waals surface area (Å²) in [5, 5.41) is 0. The zero-order valence-corrected chi connectivity index (χ0v) is 24.1. The van der Waals surface area contributed by atoms with Crippen LogP contribution >= 0.6 is 0 Å². The van der Waals surface area contributed by atoms with Crippen LogP contribution in [0.3, 0.4) is 0 Å². The van der Waals surface area contributed by atoms with Crippen LogP contribution in [0.1, 0.15) is 194 Å². The normalized spacial score (nSPS) is 11.9. The molecule has 202 valence electrons. The standard InChI is InChI=1S/C34H66/c1-3-5-7-9-11-13-15-17-19-21-23-25-27-29-31-33-34-32-30-28-26-24-22-20-18-16-14-12-10-8-6-4-2/h17,19,30,32H,3-16,18,20-29,31,33-34H2,1-2H3/b19-17+,32-30+. The molecule has 0 nitrogen and oxygen atoms in total. The molecule has 0 atom stereocenters. The fraction of sp³-hybridized carbons (Fsp3) is 0.882. The summed E-state index contributed by atoms with van der Waals surface area (Å²) in [7, 11) is 0. The van der Waals surface area contributed by atoms with Crippen LogP contribution in [0.4, 0.5) is 0 Å². The fourth-order valence-corrected chi connectivity index (χ4v) is 4.85. The average Bonchev–Trinajstić information content (AvgIpc) is 2.85. The summed E-state index contributed by atoms with van der Waals surface area (Å²) >= 11 is 0. The molecule has 34 heavy (non-hydrogen) atoms. The molecule has 0 saturated carbocycles. The summed E-state index contributed by atoms with van der Waals surface area (Å²) in [6.07, 6.45) is 49.4. The molecule has 0 amide bonds. The maximum atomic E-state index is 2.45. The van der Waals surface area contributed by atoms with Gasteiger partial charge in [-0.1, -0.05) is 167 Å². The molecule has 0 spiro atoms. The first kappa shape index (κ1) is 33.5. The predicted molar refractivity (Wildman–Crippen MR) is 159 cm³/mol. The molecule has 0 N–H and O–H groups in total. The van der Waals surface area contributed by atoms with Crippen molar-refractivity contribution in [2.75, 3.05) is 0 Å². The third-order valence-corrected chi connectivity index (χ3v) is 7.27. The van der Waals surface area contributed by atoms with E-state index in [0.29, 0.717) is 0 Å². The molecule has 0 aliphatic heterocycles. The largest absolute Gasteiger partial charge is 0.0885 e. The Morgan fingerprint density at radius 2 is 0.412 bits per heavy atom. The van der Waals surface area contributed by atoms with Crippen molar-refractivity contribution in [3.63, 3.8) is 0 Å². The Labute approximate surface area is 217 Å². The van der Waals surface area contributed by atoms with Crippen molar-refractivity contribution in [3.8, 4) is 0 Å². The second-order valence-electron chi connectivity index (χ2n) is 10.9. The first-order valence-corrected chi connectivity index (χ1v) is 16.2. The van der Waals surface area contributed by atoms with Gasteiger partial charge in [0.1, 0.15) is 0 Å². The van der Waals surface area contributed by atoms with Crippen LogP contribution in [-0.2, 0) is 0 Å². The predicted octanol–water partition coefficient (Wildman–Crippen LogP) is 13.1. The van der Waals surface area contributed by atoms with Crippen molar-refractivity contribution in [1.82, 2.24) is 0 Å². The van der Waals surface area contributed by atoms with Crippen molar-refractivity contribution in [3.05, 3.63) is 24.3 Å². The summed E-state index contributed by atoms with van der Waals surface area (Å²) in [6, 6.07) is 0. The van der Waals surface area contributed by atoms with Crippen LogP contribution in [0.15, 0.2) is 24.3 Å². The van der Waals surface area contributed by atoms with Gasteiger partial charge in [-0.05, 0) is 51.4 Å². The molecule has 0 heterocycles. The van der Waals surface area contributed by atoms with Crippen LogP contribution in [0.5, 0.6) is 0 Å². The number of allylic oxidation sites excluding steroid dienone is 4. The maximum absolute atomic E-state index is 2.45. The first-order chi connectivity index (χ1) is 16.9. The number of unbranched alkanes of at least 4 members (excludes halogenated alkanes) is 25. The summed E-state index contributed by atoms with van der Waals surface area (Å²) in [4.78, 5) is 0. The molecule has 0 aromatic rings. The molecule has 0 radical (unpaired) electrons. The van der Waals surface area contributed by atoms with Gasteiger partial charge in [0.25, 0.3) is 0 Å². The van der Waals surface area contributed by atoms with E-state index in [1.165, 1.54) is 180 Å². The lowest BCUT2D eigenvalue weighted by Gasteiger charge is -2.02. The molecule has 0 bridgehead atoms. The monoisotopic (exact) mass is 475 g/mol. The minimum Gasteiger partial charge on any atom is -0.0885 e. The lowest BCUT2D eigenvalue weighted by molar-refractivity contribution is 0.545. The number of hydrogen-bond acceptors (Lipinski definition) is 0. The van der Waals surface area contributed by atoms with Crippen LogP contribution in [0.2, 0.25) is 0 Å². The van der Waals surface area contributed by atoms with Crippen LogP contribution in [0.25, 0.3) is 0 Å². The molecule has 0 saturated heterocycles. The van der Waals surface area contributed by atoms with E-state index in [0.717, 1.165) is 0 Å². The highest BCUT2D eigenvalue weighted by atomic mass is 14.0. The summed E-state index contributed by atoms with van der Waals surface area (Å²) < 4.78 is 0. The van der Waals surface area contributed by atoms with Crippen LogP contribution in [-0.4, -0.2) is 0 Å². The van der Waals surface area contributed by atoms with Gasteiger partial charge >= 0.3 is 0 Å². The summed E-state index contributed by atoms with van der Waals surface area (Å²) in [5.74, 6) is 0. The Morgan fingerprint density at radius 3 is 0.618 bits per heavy atom. The Morgan fingerprint density at radius 1 is 0.235 bits per heavy atom. The highest BCUT2D eigenvalue weighted by Crippen LogP contribution is 2.13. The average molecular weight is 475 g/mol. The van der Waals surface area contributed by atoms with Gasteiger partial charge in [0.15, 0.2) is 0 Å². The zero-order chi connectivity index (χ0) is 24.6. The molecule has 0 rings (SSSR count). The molecule has 0 aliphatic rings. The van der Waals surface area contributed by atoms with E-state index in [9.17, 15) is 0 Å². The third kappa shape index (κ3) is 31.5. The topological polar surface area (TPSA) is 0 Å². The number of rotatable bonds is 29. The smallest absolute Gasteiger partial charge is 0.0351 e. The third-order valence-electron chi connectivity index (χ3n) is 7.27. The van der Waals surface area contributed by atoms with Crippen molar-refractivity contribution >= 4 is 0 Å². The Balaban J connectivity index is 3.12. The minimum atomic E-state index is 1.30. The Hall–Kier alpha value is -0.520. The van der Waals surface area contributed by atoms with Gasteiger partial charge in [-0.15, -0.1) is 0 Å². The molecule has 0 aromatic heterocycles. The van der Waals surface area contributed by atoms with E-state index in [2.05, 4.69) is 38.2 Å². The van der Waals surface area contributed by atoms with Gasteiger partial charge in [0, 0.05) is 0 Å². The molecule has 0 aromatic carbocycles. The van der Waals surface area contributed by atoms with E-state index in [-0.39, 0.29) is 0 Å². The highest BCUT2D eigenvalue weighted by molar-refractivity contribution is 4.82. The van der Waals surface area contributed by atoms with Crippen LogP contribution in [0, 0.1) is 0 Å². The van der Waals surface area contributed by atoms with Crippen molar-refractivity contribution in [2.24, 2.45) is 0 Å². The Bertz CT molecular complexity index is 391. The quantitative estimate of drug-likeness (QED) is 0.0746. The van der Waals surface area contributed by atoms with E-state index in [1.807, 2.05) is 0 Å². The van der Waals surface area contributed by atoms with Crippen molar-refractivity contribution < 1.29 is 0 Å². The van der Waals surface area contributed by atoms with Crippen LogP contribution < -0.4 is 0 Å². The van der Waals surface area contributed by atoms with Crippen molar-refractivity contribution in [1.29, 1.82) is 0 Å². The summed E-state index contributed by atoms with van der Waals surface area (Å²) in [5.41, 5.74) is 0. The lowest BCUT2D eigenvalue weighted by atomic mass is 10.0. The van der Waals surface area contributed by atoms with Gasteiger partial charge in [-0.2, -0.15) is 0 Å². The molecule has 0 heteroatoms. The van der Waals surface area contributed by atoms with Crippen molar-refractivity contribution in [2.45, 2.75) is 194 Å². The lowest BCUT2D eigenvalue weighted by Crippen LogP contribution is -1.82. The Kier molecular flexibility index (Phi) is 32.0. The maximum Gasteiger partial charge on any atom is -0.0351 e. The second-order valence-corrected chi connectivity index (χ2v) is 10.9. The minimum absolute atomic E-state index is 1.30. The molecule has 0 aliphatic carbocycles. The first-order valence-electron chi connectivity index (χ1n) is 16.2. The highest BCUT2D eigenvalue weighted by Gasteiger charge is 1.94. The molecule has 0 fully saturated rings. The zero-order valence-electron chi connectivity index (χ0n) is 24.1. The van der Waals surface area contributed by atoms with E-state index >= 15 is 0 Å². The van der Waals surface area contributed by atoms with E-state index in [1.54, 1.807) is 0 Å². The van der Waals surface area contributed by atoms with E-state index in [4.69, 9.17) is 0 Å². The summed E-state index contributed by atoms with van der Waals surface area (Å²) in [6.45, 7) is 4.60. The molecule has 0 unspecified atom stereocenters. The second kappa shape index (κ2) is 32.5. The van der Waals surface area contributed by atoms with Gasteiger partial charge in [-0.25, -0.2) is 0 Å².